The Bertz CT molecular complexity index is 1080. The van der Waals surface area contributed by atoms with Gasteiger partial charge in [0.15, 0.2) is 0 Å². The first-order chi connectivity index (χ1) is 14.4. The lowest BCUT2D eigenvalue weighted by atomic mass is 10.2. The highest BCUT2D eigenvalue weighted by molar-refractivity contribution is 14.1. The molecular weight excluding hydrogens is 520 g/mol. The first-order valence-corrected chi connectivity index (χ1v) is 10.2. The molecule has 0 fully saturated rings. The second-order valence-electron chi connectivity index (χ2n) is 6.10. The molecule has 0 aliphatic carbocycles. The van der Waals surface area contributed by atoms with Crippen LogP contribution in [0, 0.1) is 9.39 Å². The van der Waals surface area contributed by atoms with Crippen LogP contribution < -0.4 is 19.7 Å². The first-order valence-electron chi connectivity index (χ1n) is 8.68. The molecule has 6 nitrogen and oxygen atoms in total. The van der Waals surface area contributed by atoms with Crippen molar-refractivity contribution in [3.63, 3.8) is 0 Å². The molecule has 9 heteroatoms. The summed E-state index contributed by atoms with van der Waals surface area (Å²) in [5.41, 5.74) is 1.81. The van der Waals surface area contributed by atoms with Crippen molar-refractivity contribution in [2.45, 2.75) is 0 Å². The van der Waals surface area contributed by atoms with E-state index in [0.29, 0.717) is 22.8 Å². The van der Waals surface area contributed by atoms with Gasteiger partial charge in [0, 0.05) is 16.9 Å². The molecule has 0 spiro atoms. The number of ether oxygens (including phenoxy) is 1. The largest absolute Gasteiger partial charge is 0.496 e. The maximum absolute atomic E-state index is 13.3. The van der Waals surface area contributed by atoms with Gasteiger partial charge in [-0.05, 0) is 83.3 Å². The van der Waals surface area contributed by atoms with Crippen molar-refractivity contribution in [3.8, 4) is 5.75 Å². The number of hydrogen-bond acceptors (Lipinski definition) is 4. The van der Waals surface area contributed by atoms with Crippen LogP contribution >= 0.6 is 35.4 Å². The van der Waals surface area contributed by atoms with Crippen molar-refractivity contribution < 1.29 is 18.7 Å². The Kier molecular flexibility index (Phi) is 7.16. The molecule has 0 unspecified atom stereocenters. The van der Waals surface area contributed by atoms with E-state index in [9.17, 15) is 14.0 Å². The van der Waals surface area contributed by atoms with Crippen molar-refractivity contribution in [2.75, 3.05) is 22.0 Å². The lowest BCUT2D eigenvalue weighted by Gasteiger charge is -2.17. The van der Waals surface area contributed by atoms with Gasteiger partial charge in [-0.25, -0.2) is 13.5 Å². The Morgan fingerprint density at radius 1 is 1.00 bits per heavy atom. The summed E-state index contributed by atoms with van der Waals surface area (Å²) in [5, 5.41) is 5.43. The quantitative estimate of drug-likeness (QED) is 0.294. The summed E-state index contributed by atoms with van der Waals surface area (Å²) in [6.45, 7) is 0. The Morgan fingerprint density at radius 2 is 1.70 bits per heavy atom. The maximum atomic E-state index is 13.3. The fourth-order valence-electron chi connectivity index (χ4n) is 2.56. The number of anilines is 3. The van der Waals surface area contributed by atoms with Gasteiger partial charge in [-0.2, -0.15) is 0 Å². The van der Waals surface area contributed by atoms with Gasteiger partial charge in [0.05, 0.1) is 16.4 Å². The Hall–Kier alpha value is -2.79. The molecule has 0 aliphatic heterocycles. The molecular formula is C21H17FIN3O3S. The SMILES string of the molecule is COc1ccc(NC(=O)N(S)c2ccc(NC(=O)c3cccc(F)c3)cc2)cc1I. The molecule has 0 heterocycles. The van der Waals surface area contributed by atoms with Crippen LogP contribution in [-0.2, 0) is 0 Å². The lowest BCUT2D eigenvalue weighted by molar-refractivity contribution is 0.102. The monoisotopic (exact) mass is 537 g/mol. The molecule has 0 radical (unpaired) electrons. The summed E-state index contributed by atoms with van der Waals surface area (Å²) in [7, 11) is 1.58. The van der Waals surface area contributed by atoms with Crippen LogP contribution in [0.15, 0.2) is 66.7 Å². The van der Waals surface area contributed by atoms with Crippen molar-refractivity contribution in [2.24, 2.45) is 0 Å². The van der Waals surface area contributed by atoms with Crippen molar-refractivity contribution in [1.82, 2.24) is 0 Å². The van der Waals surface area contributed by atoms with Crippen LogP contribution in [-0.4, -0.2) is 19.0 Å². The van der Waals surface area contributed by atoms with Crippen LogP contribution in [0.4, 0.5) is 26.2 Å². The summed E-state index contributed by atoms with van der Waals surface area (Å²) in [6.07, 6.45) is 0. The van der Waals surface area contributed by atoms with Crippen LogP contribution in [0.3, 0.4) is 0 Å². The third-order valence-electron chi connectivity index (χ3n) is 4.05. The summed E-state index contributed by atoms with van der Waals surface area (Å²) >= 11 is 6.36. The van der Waals surface area contributed by atoms with Crippen LogP contribution in [0.25, 0.3) is 0 Å². The van der Waals surface area contributed by atoms with E-state index >= 15 is 0 Å². The molecule has 0 saturated carbocycles. The third kappa shape index (κ3) is 5.42. The number of benzene rings is 3. The van der Waals surface area contributed by atoms with Crippen LogP contribution in [0.2, 0.25) is 0 Å². The van der Waals surface area contributed by atoms with E-state index in [1.165, 1.54) is 18.2 Å². The number of carbonyl (C=O) groups excluding carboxylic acids is 2. The van der Waals surface area contributed by atoms with Crippen LogP contribution in [0.1, 0.15) is 10.4 Å². The minimum Gasteiger partial charge on any atom is -0.496 e. The smallest absolute Gasteiger partial charge is 0.336 e. The number of nitrogens with zero attached hydrogens (tertiary/aromatic N) is 1. The molecule has 3 amide bonds. The Balaban J connectivity index is 1.64. The maximum Gasteiger partial charge on any atom is 0.336 e. The van der Waals surface area contributed by atoms with E-state index in [-0.39, 0.29) is 5.56 Å². The van der Waals surface area contributed by atoms with Gasteiger partial charge in [-0.15, -0.1) is 0 Å². The summed E-state index contributed by atoms with van der Waals surface area (Å²) in [5.74, 6) is -0.203. The van der Waals surface area contributed by atoms with E-state index in [1.54, 1.807) is 49.6 Å². The third-order valence-corrected chi connectivity index (χ3v) is 5.31. The molecule has 154 valence electrons. The molecule has 0 aliphatic rings. The van der Waals surface area contributed by atoms with Crippen molar-refractivity contribution in [1.29, 1.82) is 0 Å². The van der Waals surface area contributed by atoms with Crippen LogP contribution in [0.5, 0.6) is 5.75 Å². The molecule has 3 aromatic rings. The van der Waals surface area contributed by atoms with Gasteiger partial charge < -0.3 is 15.4 Å². The molecule has 0 aromatic heterocycles. The second kappa shape index (κ2) is 9.81. The Labute approximate surface area is 192 Å². The van der Waals surface area contributed by atoms with E-state index in [0.717, 1.165) is 13.9 Å². The summed E-state index contributed by atoms with van der Waals surface area (Å²) in [6, 6.07) is 16.7. The number of methoxy groups -OCH3 is 1. The average molecular weight is 537 g/mol. The number of amides is 3. The molecule has 30 heavy (non-hydrogen) atoms. The lowest BCUT2D eigenvalue weighted by Crippen LogP contribution is -2.26. The number of urea groups is 1. The molecule has 2 N–H and O–H groups in total. The zero-order valence-electron chi connectivity index (χ0n) is 15.7. The zero-order valence-corrected chi connectivity index (χ0v) is 18.8. The average Bonchev–Trinajstić information content (AvgIpc) is 2.74. The topological polar surface area (TPSA) is 70.7 Å². The number of thiol groups is 1. The van der Waals surface area contributed by atoms with Gasteiger partial charge in [-0.1, -0.05) is 18.9 Å². The first kappa shape index (κ1) is 21.9. The van der Waals surface area contributed by atoms with Crippen molar-refractivity contribution >= 4 is 64.4 Å². The predicted molar refractivity (Wildman–Crippen MR) is 127 cm³/mol. The number of rotatable bonds is 5. The highest BCUT2D eigenvalue weighted by Crippen LogP contribution is 2.25. The number of nitrogens with one attached hydrogen (secondary N) is 2. The highest BCUT2D eigenvalue weighted by atomic mass is 127. The van der Waals surface area contributed by atoms with Gasteiger partial charge in [0.1, 0.15) is 11.6 Å². The molecule has 0 saturated heterocycles. The normalized spacial score (nSPS) is 10.3. The molecule has 3 aromatic carbocycles. The fourth-order valence-corrected chi connectivity index (χ4v) is 3.48. The molecule has 0 atom stereocenters. The summed E-state index contributed by atoms with van der Waals surface area (Å²) in [4.78, 5) is 24.7. The van der Waals surface area contributed by atoms with Gasteiger partial charge >= 0.3 is 6.03 Å². The van der Waals surface area contributed by atoms with Gasteiger partial charge in [0.2, 0.25) is 0 Å². The predicted octanol–water partition coefficient (Wildman–Crippen LogP) is 5.57. The summed E-state index contributed by atoms with van der Waals surface area (Å²) < 4.78 is 20.5. The Morgan fingerprint density at radius 3 is 2.33 bits per heavy atom. The standard InChI is InChI=1S/C21H17FIN3O3S/c1-29-19-10-7-16(12-18(19)23)25-21(28)26(30)17-8-5-15(6-9-17)24-20(27)13-3-2-4-14(22)11-13/h2-12,30H,1H3,(H,24,27)(H,25,28). The van der Waals surface area contributed by atoms with E-state index in [1.807, 2.05) is 0 Å². The van der Waals surface area contributed by atoms with E-state index in [4.69, 9.17) is 4.74 Å². The number of carbonyl (C=O) groups is 2. The van der Waals surface area contributed by atoms with Crippen molar-refractivity contribution in [3.05, 3.63) is 81.7 Å². The van der Waals surface area contributed by atoms with E-state index in [2.05, 4.69) is 46.0 Å². The zero-order chi connectivity index (χ0) is 21.7. The fraction of sp³-hybridized carbons (Fsp3) is 0.0476. The van der Waals surface area contributed by atoms with E-state index < -0.39 is 17.8 Å². The van der Waals surface area contributed by atoms with Gasteiger partial charge in [-0.3, -0.25) is 4.79 Å². The number of hydrogen-bond donors (Lipinski definition) is 3. The number of halogens is 2. The molecule has 0 bridgehead atoms. The van der Waals surface area contributed by atoms with Gasteiger partial charge in [0.25, 0.3) is 5.91 Å². The second-order valence-corrected chi connectivity index (χ2v) is 7.66. The highest BCUT2D eigenvalue weighted by Gasteiger charge is 2.14. The molecule has 3 rings (SSSR count). The minimum absolute atomic E-state index is 0.211. The minimum atomic E-state index is -0.485.